The van der Waals surface area contributed by atoms with E-state index in [-0.39, 0.29) is 32.2 Å². The van der Waals surface area contributed by atoms with Gasteiger partial charge in [0.15, 0.2) is 6.61 Å². The Labute approximate surface area is 159 Å². The van der Waals surface area contributed by atoms with E-state index in [1.807, 2.05) is 31.2 Å². The van der Waals surface area contributed by atoms with Crippen LogP contribution in [-0.4, -0.2) is 45.4 Å². The summed E-state index contributed by atoms with van der Waals surface area (Å²) in [7, 11) is -3.47. The molecule has 0 bridgehead atoms. The van der Waals surface area contributed by atoms with Crippen molar-refractivity contribution in [2.45, 2.75) is 13.5 Å². The van der Waals surface area contributed by atoms with E-state index >= 15 is 0 Å². The van der Waals surface area contributed by atoms with Crippen LogP contribution in [0.3, 0.4) is 0 Å². The fourth-order valence-corrected chi connectivity index (χ4v) is 3.25. The number of sulfonamides is 1. The van der Waals surface area contributed by atoms with Crippen molar-refractivity contribution in [3.05, 3.63) is 59.7 Å². The summed E-state index contributed by atoms with van der Waals surface area (Å²) in [4.78, 5) is 11.5. The van der Waals surface area contributed by atoms with Gasteiger partial charge in [0.2, 0.25) is 10.0 Å². The van der Waals surface area contributed by atoms with Gasteiger partial charge in [-0.05, 0) is 36.8 Å². The third-order valence-electron chi connectivity index (χ3n) is 3.78. The molecule has 7 nitrogen and oxygen atoms in total. The van der Waals surface area contributed by atoms with Gasteiger partial charge in [0.05, 0.1) is 25.1 Å². The van der Waals surface area contributed by atoms with Crippen LogP contribution in [0, 0.1) is 6.92 Å². The minimum Gasteiger partial charge on any atom is -0.484 e. The number of hydrogen-bond acceptors (Lipinski definition) is 5. The van der Waals surface area contributed by atoms with Gasteiger partial charge < -0.3 is 15.2 Å². The fourth-order valence-electron chi connectivity index (χ4n) is 2.36. The molecule has 1 amide bonds. The number of hydrogen-bond donors (Lipinski definition) is 2. The number of benzene rings is 2. The highest BCUT2D eigenvalue weighted by atomic mass is 32.2. The van der Waals surface area contributed by atoms with Crippen molar-refractivity contribution in [3.8, 4) is 5.75 Å². The molecular formula is C19H24N2O5S. The molecule has 27 heavy (non-hydrogen) atoms. The van der Waals surface area contributed by atoms with E-state index in [0.717, 1.165) is 17.4 Å². The SMILES string of the molecule is Cc1ccc(CN(c2ccc(OCC(=O)NCCO)cc2)S(C)(=O)=O)cc1. The van der Waals surface area contributed by atoms with Crippen LogP contribution in [0.15, 0.2) is 48.5 Å². The minimum atomic E-state index is -3.47. The number of nitrogens with one attached hydrogen (secondary N) is 1. The van der Waals surface area contributed by atoms with E-state index < -0.39 is 10.0 Å². The summed E-state index contributed by atoms with van der Waals surface area (Å²) in [5.41, 5.74) is 2.50. The molecule has 0 spiro atoms. The summed E-state index contributed by atoms with van der Waals surface area (Å²) < 4.78 is 31.1. The van der Waals surface area contributed by atoms with Gasteiger partial charge in [0.25, 0.3) is 5.91 Å². The molecule has 0 fully saturated rings. The number of carbonyl (C=O) groups excluding carboxylic acids is 1. The predicted octanol–water partition coefficient (Wildman–Crippen LogP) is 1.45. The van der Waals surface area contributed by atoms with Crippen LogP contribution in [-0.2, 0) is 21.4 Å². The van der Waals surface area contributed by atoms with Crippen molar-refractivity contribution in [2.24, 2.45) is 0 Å². The number of rotatable bonds is 9. The molecule has 0 heterocycles. The van der Waals surface area contributed by atoms with E-state index in [0.29, 0.717) is 11.4 Å². The summed E-state index contributed by atoms with van der Waals surface area (Å²) >= 11 is 0. The van der Waals surface area contributed by atoms with Crippen LogP contribution in [0.25, 0.3) is 0 Å². The number of nitrogens with zero attached hydrogens (tertiary/aromatic N) is 1. The van der Waals surface area contributed by atoms with Crippen LogP contribution in [0.1, 0.15) is 11.1 Å². The summed E-state index contributed by atoms with van der Waals surface area (Å²) in [6, 6.07) is 14.2. The second-order valence-corrected chi connectivity index (χ2v) is 8.02. The summed E-state index contributed by atoms with van der Waals surface area (Å²) in [5, 5.41) is 11.1. The average Bonchev–Trinajstić information content (AvgIpc) is 2.64. The zero-order valence-electron chi connectivity index (χ0n) is 15.4. The highest BCUT2D eigenvalue weighted by Crippen LogP contribution is 2.23. The van der Waals surface area contributed by atoms with Crippen molar-refractivity contribution in [3.63, 3.8) is 0 Å². The molecule has 0 aromatic heterocycles. The van der Waals surface area contributed by atoms with Gasteiger partial charge in [0.1, 0.15) is 5.75 Å². The number of carbonyl (C=O) groups is 1. The van der Waals surface area contributed by atoms with Crippen LogP contribution >= 0.6 is 0 Å². The lowest BCUT2D eigenvalue weighted by atomic mass is 10.1. The molecule has 0 unspecified atom stereocenters. The van der Waals surface area contributed by atoms with Crippen molar-refractivity contribution >= 4 is 21.6 Å². The average molecular weight is 392 g/mol. The Morgan fingerprint density at radius 3 is 2.30 bits per heavy atom. The van der Waals surface area contributed by atoms with E-state index in [2.05, 4.69) is 5.32 Å². The molecular weight excluding hydrogens is 368 g/mol. The van der Waals surface area contributed by atoms with Crippen molar-refractivity contribution in [1.29, 1.82) is 0 Å². The molecule has 2 N–H and O–H groups in total. The number of ether oxygens (including phenoxy) is 1. The molecule has 2 rings (SSSR count). The normalized spacial score (nSPS) is 11.1. The topological polar surface area (TPSA) is 95.9 Å². The van der Waals surface area contributed by atoms with Gasteiger partial charge in [-0.2, -0.15) is 0 Å². The lowest BCUT2D eigenvalue weighted by Gasteiger charge is -2.23. The Morgan fingerprint density at radius 1 is 1.11 bits per heavy atom. The minimum absolute atomic E-state index is 0.136. The van der Waals surface area contributed by atoms with E-state index in [9.17, 15) is 13.2 Å². The van der Waals surface area contributed by atoms with Crippen LogP contribution in [0.2, 0.25) is 0 Å². The van der Waals surface area contributed by atoms with Gasteiger partial charge in [0, 0.05) is 6.54 Å². The van der Waals surface area contributed by atoms with Crippen molar-refractivity contribution in [1.82, 2.24) is 5.32 Å². The van der Waals surface area contributed by atoms with Gasteiger partial charge in [-0.25, -0.2) is 8.42 Å². The van der Waals surface area contributed by atoms with E-state index in [4.69, 9.17) is 9.84 Å². The molecule has 0 aliphatic rings. The lowest BCUT2D eigenvalue weighted by Crippen LogP contribution is -2.31. The zero-order valence-corrected chi connectivity index (χ0v) is 16.2. The fraction of sp³-hybridized carbons (Fsp3) is 0.316. The first-order chi connectivity index (χ1) is 12.8. The number of aliphatic hydroxyl groups is 1. The monoisotopic (exact) mass is 392 g/mol. The van der Waals surface area contributed by atoms with E-state index in [1.54, 1.807) is 24.3 Å². The molecule has 2 aromatic carbocycles. The molecule has 0 saturated heterocycles. The second-order valence-electron chi connectivity index (χ2n) is 6.11. The van der Waals surface area contributed by atoms with Crippen molar-refractivity contribution < 1.29 is 23.1 Å². The Morgan fingerprint density at radius 2 is 1.74 bits per heavy atom. The molecule has 0 saturated carbocycles. The summed E-state index contributed by atoms with van der Waals surface area (Å²) in [5.74, 6) is 0.104. The Bertz CT molecular complexity index is 849. The summed E-state index contributed by atoms with van der Waals surface area (Å²) in [6.45, 7) is 2.05. The highest BCUT2D eigenvalue weighted by Gasteiger charge is 2.18. The maximum Gasteiger partial charge on any atom is 0.258 e. The largest absolute Gasteiger partial charge is 0.484 e. The quantitative estimate of drug-likeness (QED) is 0.673. The maximum atomic E-state index is 12.2. The van der Waals surface area contributed by atoms with Crippen LogP contribution in [0.5, 0.6) is 5.75 Å². The Balaban J connectivity index is 2.08. The van der Waals surface area contributed by atoms with Crippen LogP contribution in [0.4, 0.5) is 5.69 Å². The standard InChI is InChI=1S/C19H24N2O5S/c1-15-3-5-16(6-4-15)13-21(27(2,24)25)17-7-9-18(10-8-17)26-14-19(23)20-11-12-22/h3-10,22H,11-14H2,1-2H3,(H,20,23). The molecule has 0 aliphatic carbocycles. The number of aliphatic hydroxyl groups excluding tert-OH is 1. The van der Waals surface area contributed by atoms with Gasteiger partial charge in [-0.15, -0.1) is 0 Å². The Kier molecular flexibility index (Phi) is 7.20. The number of amides is 1. The third kappa shape index (κ3) is 6.58. The van der Waals surface area contributed by atoms with Gasteiger partial charge >= 0.3 is 0 Å². The van der Waals surface area contributed by atoms with Gasteiger partial charge in [-0.1, -0.05) is 29.8 Å². The van der Waals surface area contributed by atoms with E-state index in [1.165, 1.54) is 4.31 Å². The number of anilines is 1. The molecule has 2 aromatic rings. The first-order valence-electron chi connectivity index (χ1n) is 8.43. The molecule has 146 valence electrons. The predicted molar refractivity (Wildman–Crippen MR) is 104 cm³/mol. The first kappa shape index (κ1) is 20.7. The zero-order chi connectivity index (χ0) is 19.9. The summed E-state index contributed by atoms with van der Waals surface area (Å²) in [6.07, 6.45) is 1.16. The first-order valence-corrected chi connectivity index (χ1v) is 10.3. The smallest absolute Gasteiger partial charge is 0.258 e. The van der Waals surface area contributed by atoms with Crippen molar-refractivity contribution in [2.75, 3.05) is 30.3 Å². The number of aryl methyl sites for hydroxylation is 1. The van der Waals surface area contributed by atoms with Gasteiger partial charge in [-0.3, -0.25) is 9.10 Å². The lowest BCUT2D eigenvalue weighted by molar-refractivity contribution is -0.123. The molecule has 0 atom stereocenters. The molecule has 8 heteroatoms. The second kappa shape index (κ2) is 9.38. The molecule has 0 radical (unpaired) electrons. The third-order valence-corrected chi connectivity index (χ3v) is 4.92. The van der Waals surface area contributed by atoms with Crippen LogP contribution < -0.4 is 14.4 Å². The maximum absolute atomic E-state index is 12.2. The Hall–Kier alpha value is -2.58. The highest BCUT2D eigenvalue weighted by molar-refractivity contribution is 7.92. The molecule has 0 aliphatic heterocycles.